The zero-order chi connectivity index (χ0) is 38.3. The Labute approximate surface area is 310 Å². The van der Waals surface area contributed by atoms with Crippen LogP contribution in [0.2, 0.25) is 0 Å². The first kappa shape index (κ1) is 38.4. The van der Waals surface area contributed by atoms with Gasteiger partial charge in [0.05, 0.1) is 11.8 Å². The van der Waals surface area contributed by atoms with Gasteiger partial charge in [-0.2, -0.15) is 0 Å². The maximum absolute atomic E-state index is 14.7. The topological polar surface area (TPSA) is 160 Å². The highest BCUT2D eigenvalue weighted by Crippen LogP contribution is 2.47. The lowest BCUT2D eigenvalue weighted by Crippen LogP contribution is -2.60. The Bertz CT molecular complexity index is 1850. The predicted molar refractivity (Wildman–Crippen MR) is 195 cm³/mol. The molecule has 4 aliphatic rings. The van der Waals surface area contributed by atoms with Crippen molar-refractivity contribution in [3.8, 4) is 11.1 Å². The Kier molecular flexibility index (Phi) is 10.5. The van der Waals surface area contributed by atoms with Crippen molar-refractivity contribution in [2.75, 3.05) is 13.7 Å². The molecule has 1 aliphatic heterocycles. The fraction of sp³-hybridized carbons (Fsp3) is 0.538. The van der Waals surface area contributed by atoms with Crippen molar-refractivity contribution in [3.05, 3.63) is 72.6 Å². The number of hydrogen-bond donors (Lipinski definition) is 3. The Hall–Kier alpha value is -4.30. The van der Waals surface area contributed by atoms with Crippen molar-refractivity contribution < 1.29 is 41.5 Å². The van der Waals surface area contributed by atoms with Crippen LogP contribution in [0.4, 0.5) is 9.18 Å². The summed E-state index contributed by atoms with van der Waals surface area (Å²) < 4.78 is 53.0. The molecule has 3 saturated carbocycles. The van der Waals surface area contributed by atoms with Crippen LogP contribution in [0.25, 0.3) is 11.1 Å². The fourth-order valence-electron chi connectivity index (χ4n) is 7.56. The van der Waals surface area contributed by atoms with Gasteiger partial charge in [0.1, 0.15) is 35.1 Å². The highest BCUT2D eigenvalue weighted by molar-refractivity contribution is 7.91. The van der Waals surface area contributed by atoms with E-state index < -0.39 is 73.6 Å². The monoisotopic (exact) mass is 752 g/mol. The Morgan fingerprint density at radius 1 is 0.962 bits per heavy atom. The number of amides is 4. The minimum atomic E-state index is -3.91. The maximum atomic E-state index is 14.7. The second kappa shape index (κ2) is 14.5. The summed E-state index contributed by atoms with van der Waals surface area (Å²) in [5.41, 5.74) is -1.31. The van der Waals surface area contributed by atoms with Crippen molar-refractivity contribution in [2.45, 2.75) is 107 Å². The number of ether oxygens (including phenoxy) is 2. The third kappa shape index (κ3) is 7.98. The quantitative estimate of drug-likeness (QED) is 0.264. The summed E-state index contributed by atoms with van der Waals surface area (Å²) in [6.45, 7) is 9.09. The number of halogens is 1. The molecule has 0 spiro atoms. The molecule has 6 rings (SSSR count). The number of carbonyl (C=O) groups is 4. The molecule has 286 valence electrons. The summed E-state index contributed by atoms with van der Waals surface area (Å²) in [6.07, 6.45) is 4.95. The largest absolute Gasteiger partial charge is 0.446 e. The number of carbonyl (C=O) groups excluding carboxylic acids is 4. The average Bonchev–Trinajstić information content (AvgIpc) is 4.00. The predicted octanol–water partition coefficient (Wildman–Crippen LogP) is 4.69. The van der Waals surface area contributed by atoms with E-state index in [4.69, 9.17) is 9.47 Å². The van der Waals surface area contributed by atoms with E-state index in [1.807, 2.05) is 24.3 Å². The smallest absolute Gasteiger partial charge is 0.408 e. The zero-order valence-corrected chi connectivity index (χ0v) is 31.5. The van der Waals surface area contributed by atoms with Crippen LogP contribution in [0, 0.1) is 17.2 Å². The molecule has 3 N–H and O–H groups in total. The number of nitrogens with one attached hydrogen (secondary N) is 3. The first-order valence-corrected chi connectivity index (χ1v) is 19.8. The number of alkyl carbamates (subject to hydrolysis) is 1. The number of sulfonamides is 1. The summed E-state index contributed by atoms with van der Waals surface area (Å²) in [7, 11) is -2.43. The van der Waals surface area contributed by atoms with E-state index in [-0.39, 0.29) is 31.3 Å². The summed E-state index contributed by atoms with van der Waals surface area (Å²) in [6, 6.07) is 11.1. The molecule has 5 atom stereocenters. The van der Waals surface area contributed by atoms with Gasteiger partial charge in [0.15, 0.2) is 0 Å². The molecule has 4 fully saturated rings. The Morgan fingerprint density at radius 2 is 1.57 bits per heavy atom. The van der Waals surface area contributed by atoms with Gasteiger partial charge < -0.3 is 25.0 Å². The van der Waals surface area contributed by atoms with Crippen LogP contribution in [-0.2, 0) is 39.5 Å². The van der Waals surface area contributed by atoms with Gasteiger partial charge in [-0.3, -0.25) is 19.1 Å². The minimum Gasteiger partial charge on any atom is -0.446 e. The lowest BCUT2D eigenvalue weighted by molar-refractivity contribution is -0.143. The van der Waals surface area contributed by atoms with Crippen LogP contribution in [0.15, 0.2) is 61.2 Å². The van der Waals surface area contributed by atoms with Gasteiger partial charge in [-0.05, 0) is 79.2 Å². The second-order valence-corrected chi connectivity index (χ2v) is 17.9. The molecular weight excluding hydrogens is 704 g/mol. The number of rotatable bonds is 12. The molecule has 4 amide bonds. The molecule has 3 aliphatic carbocycles. The molecule has 0 bridgehead atoms. The molecule has 0 aromatic heterocycles. The average molecular weight is 753 g/mol. The molecule has 2 aromatic carbocycles. The summed E-state index contributed by atoms with van der Waals surface area (Å²) in [4.78, 5) is 57.2. The van der Waals surface area contributed by atoms with Crippen molar-refractivity contribution in [3.63, 3.8) is 0 Å². The third-order valence-electron chi connectivity index (χ3n) is 11.1. The molecule has 1 saturated heterocycles. The van der Waals surface area contributed by atoms with Crippen molar-refractivity contribution in [1.82, 2.24) is 20.3 Å². The van der Waals surface area contributed by atoms with Gasteiger partial charge in [0.25, 0.3) is 5.91 Å². The SMILES string of the molecule is C=C[C@@H]1C[C@]1(NC(=O)[C@@H]1C[C@@](OC)(c2ccc(-c3ccc(F)cc3)cc2)CN1C(=O)[C@@H](NC(=O)OC1CCCC1)C(C)(C)C)C(=O)NS(=O)(=O)C1CC1. The standard InChI is InChI=1S/C39H49FN4O8S/c1-6-26-21-39(26,35(47)43-53(49,50)30-19-20-30)42-33(45)31-22-38(51-5,27-15-11-24(12-16-27)25-13-17-28(40)18-14-25)23-44(31)34(46)32(37(2,3)4)41-36(48)52-29-9-7-8-10-29/h6,11-18,26,29-32H,1,7-10,19-23H2,2-5H3,(H,41,48)(H,42,45)(H,43,47)/t26-,31+,32-,38+,39-/m1/s1. The van der Waals surface area contributed by atoms with Crippen LogP contribution >= 0.6 is 0 Å². The van der Waals surface area contributed by atoms with Gasteiger partial charge in [-0.15, -0.1) is 6.58 Å². The van der Waals surface area contributed by atoms with E-state index in [0.717, 1.165) is 36.8 Å². The highest BCUT2D eigenvalue weighted by Gasteiger charge is 2.62. The summed E-state index contributed by atoms with van der Waals surface area (Å²) in [5, 5.41) is 4.94. The molecular formula is C39H49FN4O8S. The highest BCUT2D eigenvalue weighted by atomic mass is 32.2. The summed E-state index contributed by atoms with van der Waals surface area (Å²) in [5.74, 6) is -2.96. The normalized spacial score (nSPS) is 26.4. The number of benzene rings is 2. The van der Waals surface area contributed by atoms with Crippen LogP contribution in [0.1, 0.15) is 77.7 Å². The van der Waals surface area contributed by atoms with E-state index in [1.165, 1.54) is 30.2 Å². The first-order valence-electron chi connectivity index (χ1n) is 18.2. The van der Waals surface area contributed by atoms with Crippen LogP contribution < -0.4 is 15.4 Å². The van der Waals surface area contributed by atoms with Crippen LogP contribution in [0.3, 0.4) is 0 Å². The molecule has 0 radical (unpaired) electrons. The number of methoxy groups -OCH3 is 1. The van der Waals surface area contributed by atoms with Crippen LogP contribution in [-0.4, -0.2) is 79.8 Å². The van der Waals surface area contributed by atoms with Gasteiger partial charge in [-0.1, -0.05) is 63.2 Å². The number of hydrogen-bond acceptors (Lipinski definition) is 8. The van der Waals surface area contributed by atoms with E-state index in [1.54, 1.807) is 32.9 Å². The first-order chi connectivity index (χ1) is 25.0. The number of likely N-dealkylation sites (tertiary alicyclic amines) is 1. The van der Waals surface area contributed by atoms with Crippen LogP contribution in [0.5, 0.6) is 0 Å². The molecule has 0 unspecified atom stereocenters. The van der Waals surface area contributed by atoms with Crippen molar-refractivity contribution in [2.24, 2.45) is 11.3 Å². The molecule has 1 heterocycles. The molecule has 2 aromatic rings. The van der Waals surface area contributed by atoms with E-state index in [0.29, 0.717) is 18.4 Å². The lowest BCUT2D eigenvalue weighted by atomic mass is 9.85. The molecule has 12 nitrogen and oxygen atoms in total. The lowest BCUT2D eigenvalue weighted by Gasteiger charge is -2.36. The Morgan fingerprint density at radius 3 is 2.09 bits per heavy atom. The van der Waals surface area contributed by atoms with Gasteiger partial charge in [0, 0.05) is 19.4 Å². The fourth-order valence-corrected chi connectivity index (χ4v) is 8.93. The van der Waals surface area contributed by atoms with Crippen molar-refractivity contribution >= 4 is 33.8 Å². The molecule has 53 heavy (non-hydrogen) atoms. The number of nitrogens with zero attached hydrogens (tertiary/aromatic N) is 1. The summed E-state index contributed by atoms with van der Waals surface area (Å²) >= 11 is 0. The Balaban J connectivity index is 1.31. The van der Waals surface area contributed by atoms with Crippen molar-refractivity contribution in [1.29, 1.82) is 0 Å². The van der Waals surface area contributed by atoms with E-state index in [9.17, 15) is 32.0 Å². The minimum absolute atomic E-state index is 0.0167. The third-order valence-corrected chi connectivity index (χ3v) is 12.9. The second-order valence-electron chi connectivity index (χ2n) is 15.9. The van der Waals surface area contributed by atoms with Gasteiger partial charge >= 0.3 is 6.09 Å². The molecule has 14 heteroatoms. The van der Waals surface area contributed by atoms with Gasteiger partial charge in [0.2, 0.25) is 21.8 Å². The van der Waals surface area contributed by atoms with E-state index in [2.05, 4.69) is 21.9 Å². The van der Waals surface area contributed by atoms with Gasteiger partial charge in [-0.25, -0.2) is 17.6 Å². The maximum Gasteiger partial charge on any atom is 0.408 e. The van der Waals surface area contributed by atoms with E-state index >= 15 is 0 Å². The zero-order valence-electron chi connectivity index (χ0n) is 30.7.